The molecule has 0 bridgehead atoms. The van der Waals surface area contributed by atoms with Crippen molar-refractivity contribution in [3.8, 4) is 0 Å². The summed E-state index contributed by atoms with van der Waals surface area (Å²) >= 11 is 0. The molecule has 0 amide bonds. The van der Waals surface area contributed by atoms with Crippen LogP contribution in [0.1, 0.15) is 25.0 Å². The van der Waals surface area contributed by atoms with Crippen molar-refractivity contribution >= 4 is 15.7 Å². The lowest BCUT2D eigenvalue weighted by Gasteiger charge is -2.20. The topological polar surface area (TPSA) is 62.9 Å². The van der Waals surface area contributed by atoms with E-state index in [9.17, 15) is 8.42 Å². The quantitative estimate of drug-likeness (QED) is 0.819. The van der Waals surface area contributed by atoms with E-state index in [1.807, 2.05) is 6.07 Å². The number of rotatable bonds is 3. The van der Waals surface area contributed by atoms with E-state index in [0.29, 0.717) is 18.1 Å². The second kappa shape index (κ2) is 3.60. The highest BCUT2D eigenvalue weighted by Crippen LogP contribution is 2.41. The zero-order valence-corrected chi connectivity index (χ0v) is 10.4. The van der Waals surface area contributed by atoms with Crippen LogP contribution < -0.4 is 0 Å². The molecule has 0 aromatic carbocycles. The lowest BCUT2D eigenvalue weighted by Crippen LogP contribution is -2.33. The molecule has 3 rings (SSSR count). The Morgan fingerprint density at radius 2 is 2.24 bits per heavy atom. The summed E-state index contributed by atoms with van der Waals surface area (Å²) < 4.78 is 29.9. The van der Waals surface area contributed by atoms with E-state index in [1.165, 1.54) is 10.7 Å². The lowest BCUT2D eigenvalue weighted by atomic mass is 10.1. The average Bonchev–Trinajstić information content (AvgIpc) is 2.82. The second-order valence-corrected chi connectivity index (χ2v) is 6.51. The van der Waals surface area contributed by atoms with Crippen molar-refractivity contribution in [3.05, 3.63) is 24.2 Å². The standard InChI is InChI=1S/C11H14N2O3S/c1-17(14,15)13-10(8-4-5-8)7-9(12-13)11-3-2-6-16-11/h2-3,6,8,10H,4-5,7H2,1H3. The Balaban J connectivity index is 1.93. The third-order valence-corrected chi connectivity index (χ3v) is 4.25. The Bertz CT molecular complexity index is 543. The maximum Gasteiger partial charge on any atom is 0.247 e. The van der Waals surface area contributed by atoms with E-state index in [0.717, 1.165) is 18.6 Å². The summed E-state index contributed by atoms with van der Waals surface area (Å²) in [6.07, 6.45) is 5.63. The molecule has 0 saturated heterocycles. The molecule has 2 aliphatic rings. The summed E-state index contributed by atoms with van der Waals surface area (Å²) in [5.41, 5.74) is 0.734. The van der Waals surface area contributed by atoms with Gasteiger partial charge in [-0.15, -0.1) is 0 Å². The van der Waals surface area contributed by atoms with Crippen molar-refractivity contribution in [1.29, 1.82) is 0 Å². The van der Waals surface area contributed by atoms with Crippen LogP contribution in [-0.4, -0.2) is 30.8 Å². The van der Waals surface area contributed by atoms with Crippen LogP contribution in [0.3, 0.4) is 0 Å². The van der Waals surface area contributed by atoms with Crippen molar-refractivity contribution in [2.75, 3.05) is 6.26 Å². The molecule has 5 nitrogen and oxygen atoms in total. The first-order valence-electron chi connectivity index (χ1n) is 5.66. The van der Waals surface area contributed by atoms with Gasteiger partial charge in [0, 0.05) is 6.42 Å². The third-order valence-electron chi connectivity index (χ3n) is 3.22. The Labute approximate surface area is 100 Å². The van der Waals surface area contributed by atoms with Crippen molar-refractivity contribution < 1.29 is 12.8 Å². The summed E-state index contributed by atoms with van der Waals surface area (Å²) in [4.78, 5) is 0. The van der Waals surface area contributed by atoms with E-state index in [4.69, 9.17) is 4.42 Å². The van der Waals surface area contributed by atoms with Crippen molar-refractivity contribution in [1.82, 2.24) is 4.41 Å². The summed E-state index contributed by atoms with van der Waals surface area (Å²) in [7, 11) is -3.28. The molecule has 17 heavy (non-hydrogen) atoms. The molecule has 2 heterocycles. The number of hydrazone groups is 1. The maximum absolute atomic E-state index is 11.7. The average molecular weight is 254 g/mol. The Hall–Kier alpha value is -1.30. The summed E-state index contributed by atoms with van der Waals surface area (Å²) in [6.45, 7) is 0. The van der Waals surface area contributed by atoms with Gasteiger partial charge in [0.15, 0.2) is 0 Å². The van der Waals surface area contributed by atoms with Crippen molar-refractivity contribution in [2.45, 2.75) is 25.3 Å². The predicted octanol–water partition coefficient (Wildman–Crippen LogP) is 1.43. The Morgan fingerprint density at radius 3 is 2.76 bits per heavy atom. The molecule has 1 fully saturated rings. The highest BCUT2D eigenvalue weighted by Gasteiger charge is 2.43. The third kappa shape index (κ3) is 1.97. The largest absolute Gasteiger partial charge is 0.463 e. The molecule has 6 heteroatoms. The Morgan fingerprint density at radius 1 is 1.47 bits per heavy atom. The molecular formula is C11H14N2O3S. The van der Waals surface area contributed by atoms with Crippen LogP contribution in [-0.2, 0) is 10.0 Å². The molecule has 92 valence electrons. The van der Waals surface area contributed by atoms with Gasteiger partial charge < -0.3 is 4.42 Å². The highest BCUT2D eigenvalue weighted by atomic mass is 32.2. The van der Waals surface area contributed by atoms with Crippen LogP contribution >= 0.6 is 0 Å². The molecule has 1 aromatic heterocycles. The van der Waals surface area contributed by atoms with Gasteiger partial charge in [-0.2, -0.15) is 9.52 Å². The van der Waals surface area contributed by atoms with E-state index in [-0.39, 0.29) is 6.04 Å². The van der Waals surface area contributed by atoms with Gasteiger partial charge >= 0.3 is 0 Å². The molecule has 1 aliphatic carbocycles. The van der Waals surface area contributed by atoms with Gasteiger partial charge in [0.2, 0.25) is 10.0 Å². The van der Waals surface area contributed by atoms with Crippen LogP contribution in [0.25, 0.3) is 0 Å². The highest BCUT2D eigenvalue weighted by molar-refractivity contribution is 7.88. The van der Waals surface area contributed by atoms with Crippen LogP contribution in [0, 0.1) is 5.92 Å². The summed E-state index contributed by atoms with van der Waals surface area (Å²) in [6, 6.07) is 3.59. The molecule has 1 aromatic rings. The molecule has 1 unspecified atom stereocenters. The van der Waals surface area contributed by atoms with Gasteiger partial charge in [-0.05, 0) is 30.9 Å². The molecular weight excluding hydrogens is 240 g/mol. The fourth-order valence-electron chi connectivity index (χ4n) is 2.25. The number of sulfonamides is 1. The first kappa shape index (κ1) is 10.8. The molecule has 0 radical (unpaired) electrons. The minimum atomic E-state index is -3.28. The van der Waals surface area contributed by atoms with Crippen molar-refractivity contribution in [3.63, 3.8) is 0 Å². The fraction of sp³-hybridized carbons (Fsp3) is 0.545. The first-order valence-corrected chi connectivity index (χ1v) is 7.51. The van der Waals surface area contributed by atoms with Gasteiger partial charge in [0.1, 0.15) is 11.5 Å². The fourth-order valence-corrected chi connectivity index (χ4v) is 3.24. The zero-order valence-electron chi connectivity index (χ0n) is 9.54. The second-order valence-electron chi connectivity index (χ2n) is 4.67. The zero-order chi connectivity index (χ0) is 12.0. The van der Waals surface area contributed by atoms with Gasteiger partial charge in [-0.1, -0.05) is 0 Å². The number of hydrogen-bond acceptors (Lipinski definition) is 4. The van der Waals surface area contributed by atoms with Crippen LogP contribution in [0.2, 0.25) is 0 Å². The van der Waals surface area contributed by atoms with Gasteiger partial charge in [-0.25, -0.2) is 8.42 Å². The smallest absolute Gasteiger partial charge is 0.247 e. The van der Waals surface area contributed by atoms with Gasteiger partial charge in [-0.3, -0.25) is 0 Å². The summed E-state index contributed by atoms with van der Waals surface area (Å²) in [5, 5.41) is 4.21. The van der Waals surface area contributed by atoms with Gasteiger partial charge in [0.25, 0.3) is 0 Å². The van der Waals surface area contributed by atoms with E-state index >= 15 is 0 Å². The first-order chi connectivity index (χ1) is 8.05. The van der Waals surface area contributed by atoms with Crippen LogP contribution in [0.4, 0.5) is 0 Å². The van der Waals surface area contributed by atoms with E-state index in [2.05, 4.69) is 5.10 Å². The lowest BCUT2D eigenvalue weighted by molar-refractivity contribution is 0.336. The van der Waals surface area contributed by atoms with Gasteiger partial charge in [0.05, 0.1) is 18.6 Å². The Kier molecular flexibility index (Phi) is 2.29. The van der Waals surface area contributed by atoms with Crippen molar-refractivity contribution in [2.24, 2.45) is 11.0 Å². The molecule has 0 spiro atoms. The number of hydrogen-bond donors (Lipinski definition) is 0. The molecule has 1 aliphatic heterocycles. The molecule has 0 N–H and O–H groups in total. The van der Waals surface area contributed by atoms with E-state index in [1.54, 1.807) is 12.3 Å². The maximum atomic E-state index is 11.7. The normalized spacial score (nSPS) is 25.1. The molecule has 1 saturated carbocycles. The minimum absolute atomic E-state index is 0.00917. The SMILES string of the molecule is CS(=O)(=O)N1N=C(c2ccco2)CC1C1CC1. The monoisotopic (exact) mass is 254 g/mol. The van der Waals surface area contributed by atoms with E-state index < -0.39 is 10.0 Å². The number of nitrogens with zero attached hydrogens (tertiary/aromatic N) is 2. The summed E-state index contributed by atoms with van der Waals surface area (Å²) in [5.74, 6) is 1.13. The predicted molar refractivity (Wildman–Crippen MR) is 63.1 cm³/mol. The van der Waals surface area contributed by atoms with Crippen LogP contribution in [0.5, 0.6) is 0 Å². The van der Waals surface area contributed by atoms with Crippen LogP contribution in [0.15, 0.2) is 27.9 Å². The number of furan rings is 1. The minimum Gasteiger partial charge on any atom is -0.463 e. The molecule has 1 atom stereocenters.